The van der Waals surface area contributed by atoms with Gasteiger partial charge < -0.3 is 20.3 Å². The lowest BCUT2D eigenvalue weighted by atomic mass is 9.86. The van der Waals surface area contributed by atoms with Crippen LogP contribution in [0.2, 0.25) is 0 Å². The van der Waals surface area contributed by atoms with E-state index < -0.39 is 0 Å². The number of hydrogen-bond acceptors (Lipinski definition) is 4. The first-order valence-electron chi connectivity index (χ1n) is 8.82. The van der Waals surface area contributed by atoms with Crippen molar-refractivity contribution in [3.05, 3.63) is 0 Å². The number of nitrogens with zero attached hydrogens (tertiary/aromatic N) is 3. The Morgan fingerprint density at radius 3 is 2.36 bits per heavy atom. The fourth-order valence-corrected chi connectivity index (χ4v) is 3.94. The predicted octanol–water partition coefficient (Wildman–Crippen LogP) is 0.574. The molecule has 2 unspecified atom stereocenters. The Hall–Kier alpha value is -0.850. The Labute approximate surface area is 133 Å². The van der Waals surface area contributed by atoms with E-state index in [1.165, 1.54) is 25.7 Å². The highest BCUT2D eigenvalue weighted by molar-refractivity contribution is 5.74. The minimum atomic E-state index is 0.197. The Balaban J connectivity index is 1.41. The molecule has 0 aromatic carbocycles. The Morgan fingerprint density at radius 2 is 1.68 bits per heavy atom. The van der Waals surface area contributed by atoms with Crippen molar-refractivity contribution >= 4 is 6.03 Å². The molecule has 2 amide bonds. The van der Waals surface area contributed by atoms with Crippen molar-refractivity contribution in [3.8, 4) is 0 Å². The third-order valence-electron chi connectivity index (χ3n) is 5.26. The van der Waals surface area contributed by atoms with Gasteiger partial charge in [0.1, 0.15) is 0 Å². The first-order chi connectivity index (χ1) is 10.7. The maximum absolute atomic E-state index is 12.5. The highest BCUT2D eigenvalue weighted by Crippen LogP contribution is 2.24. The number of ether oxygens (including phenoxy) is 1. The summed E-state index contributed by atoms with van der Waals surface area (Å²) in [7, 11) is 0. The second kappa shape index (κ2) is 7.62. The minimum absolute atomic E-state index is 0.197. The standard InChI is InChI=1S/C16H30N4O2/c17-15-3-1-2-14(12-15)13-18-4-6-19(7-5-18)16(21)20-8-10-22-11-9-20/h14-15H,1-13,17H2. The quantitative estimate of drug-likeness (QED) is 0.810. The average Bonchev–Trinajstić information content (AvgIpc) is 2.56. The molecule has 0 bridgehead atoms. The molecule has 0 aromatic rings. The molecule has 6 heteroatoms. The predicted molar refractivity (Wildman–Crippen MR) is 85.7 cm³/mol. The van der Waals surface area contributed by atoms with Crippen molar-refractivity contribution in [1.82, 2.24) is 14.7 Å². The van der Waals surface area contributed by atoms with Crippen LogP contribution >= 0.6 is 0 Å². The van der Waals surface area contributed by atoms with Crippen LogP contribution in [-0.4, -0.2) is 85.8 Å². The molecule has 3 aliphatic rings. The molecule has 126 valence electrons. The van der Waals surface area contributed by atoms with E-state index in [9.17, 15) is 4.79 Å². The molecular weight excluding hydrogens is 280 g/mol. The van der Waals surface area contributed by atoms with Gasteiger partial charge >= 0.3 is 6.03 Å². The van der Waals surface area contributed by atoms with E-state index in [-0.39, 0.29) is 6.03 Å². The van der Waals surface area contributed by atoms with Gasteiger partial charge in [0.2, 0.25) is 0 Å². The number of morpholine rings is 1. The maximum Gasteiger partial charge on any atom is 0.320 e. The van der Waals surface area contributed by atoms with Crippen LogP contribution in [0.15, 0.2) is 0 Å². The van der Waals surface area contributed by atoms with Crippen molar-refractivity contribution < 1.29 is 9.53 Å². The van der Waals surface area contributed by atoms with E-state index in [0.717, 1.165) is 51.7 Å². The lowest BCUT2D eigenvalue weighted by Crippen LogP contribution is -2.55. The molecule has 0 radical (unpaired) electrons. The number of rotatable bonds is 2. The van der Waals surface area contributed by atoms with Gasteiger partial charge in [-0.2, -0.15) is 0 Å². The fourth-order valence-electron chi connectivity index (χ4n) is 3.94. The molecule has 2 aliphatic heterocycles. The topological polar surface area (TPSA) is 62.0 Å². The second-order valence-electron chi connectivity index (χ2n) is 6.96. The highest BCUT2D eigenvalue weighted by Gasteiger charge is 2.28. The van der Waals surface area contributed by atoms with Gasteiger partial charge in [0, 0.05) is 51.9 Å². The van der Waals surface area contributed by atoms with Crippen LogP contribution in [-0.2, 0) is 4.74 Å². The molecule has 6 nitrogen and oxygen atoms in total. The number of piperazine rings is 1. The lowest BCUT2D eigenvalue weighted by Gasteiger charge is -2.40. The van der Waals surface area contributed by atoms with Gasteiger partial charge in [-0.15, -0.1) is 0 Å². The molecule has 1 aliphatic carbocycles. The third kappa shape index (κ3) is 4.12. The van der Waals surface area contributed by atoms with E-state index in [2.05, 4.69) is 4.90 Å². The van der Waals surface area contributed by atoms with Crippen molar-refractivity contribution in [1.29, 1.82) is 0 Å². The minimum Gasteiger partial charge on any atom is -0.378 e. The number of hydrogen-bond donors (Lipinski definition) is 1. The monoisotopic (exact) mass is 310 g/mol. The smallest absolute Gasteiger partial charge is 0.320 e. The second-order valence-corrected chi connectivity index (χ2v) is 6.96. The summed E-state index contributed by atoms with van der Waals surface area (Å²) < 4.78 is 5.32. The zero-order chi connectivity index (χ0) is 15.4. The van der Waals surface area contributed by atoms with Gasteiger partial charge in [-0.05, 0) is 25.2 Å². The molecule has 2 saturated heterocycles. The summed E-state index contributed by atoms with van der Waals surface area (Å²) in [6.45, 7) is 7.69. The van der Waals surface area contributed by atoms with Crippen molar-refractivity contribution in [2.75, 3.05) is 59.0 Å². The van der Waals surface area contributed by atoms with Gasteiger partial charge in [0.05, 0.1) is 13.2 Å². The third-order valence-corrected chi connectivity index (χ3v) is 5.26. The molecule has 2 atom stereocenters. The van der Waals surface area contributed by atoms with E-state index in [1.807, 2.05) is 9.80 Å². The van der Waals surface area contributed by atoms with Crippen LogP contribution in [0.5, 0.6) is 0 Å². The largest absolute Gasteiger partial charge is 0.378 e. The highest BCUT2D eigenvalue weighted by atomic mass is 16.5. The lowest BCUT2D eigenvalue weighted by molar-refractivity contribution is 0.0363. The van der Waals surface area contributed by atoms with Gasteiger partial charge in [0.25, 0.3) is 0 Å². The number of amides is 2. The number of nitrogens with two attached hydrogens (primary N) is 1. The van der Waals surface area contributed by atoms with Crippen molar-refractivity contribution in [3.63, 3.8) is 0 Å². The van der Waals surface area contributed by atoms with E-state index >= 15 is 0 Å². The molecular formula is C16H30N4O2. The molecule has 22 heavy (non-hydrogen) atoms. The Morgan fingerprint density at radius 1 is 1.00 bits per heavy atom. The van der Waals surface area contributed by atoms with Crippen LogP contribution in [0.4, 0.5) is 4.79 Å². The SMILES string of the molecule is NC1CCCC(CN2CCN(C(=O)N3CCOCC3)CC2)C1. The summed E-state index contributed by atoms with van der Waals surface area (Å²) in [6.07, 6.45) is 4.97. The van der Waals surface area contributed by atoms with Gasteiger partial charge in [-0.3, -0.25) is 4.90 Å². The van der Waals surface area contributed by atoms with Crippen LogP contribution in [0, 0.1) is 5.92 Å². The number of carbonyl (C=O) groups excluding carboxylic acids is 1. The average molecular weight is 310 g/mol. The van der Waals surface area contributed by atoms with Crippen LogP contribution in [0.1, 0.15) is 25.7 Å². The van der Waals surface area contributed by atoms with Gasteiger partial charge in [-0.1, -0.05) is 6.42 Å². The van der Waals surface area contributed by atoms with Gasteiger partial charge in [-0.25, -0.2) is 4.79 Å². The van der Waals surface area contributed by atoms with E-state index in [4.69, 9.17) is 10.5 Å². The van der Waals surface area contributed by atoms with E-state index in [1.54, 1.807) is 0 Å². The zero-order valence-corrected chi connectivity index (χ0v) is 13.6. The molecule has 1 saturated carbocycles. The first-order valence-corrected chi connectivity index (χ1v) is 8.82. The van der Waals surface area contributed by atoms with Crippen LogP contribution in [0.25, 0.3) is 0 Å². The van der Waals surface area contributed by atoms with Crippen molar-refractivity contribution in [2.45, 2.75) is 31.7 Å². The summed E-state index contributed by atoms with van der Waals surface area (Å²) in [4.78, 5) is 18.9. The van der Waals surface area contributed by atoms with E-state index in [0.29, 0.717) is 19.3 Å². The summed E-state index contributed by atoms with van der Waals surface area (Å²) in [5, 5.41) is 0. The first kappa shape index (κ1) is 16.0. The normalized spacial score (nSPS) is 31.3. The Kier molecular flexibility index (Phi) is 5.55. The summed E-state index contributed by atoms with van der Waals surface area (Å²) >= 11 is 0. The van der Waals surface area contributed by atoms with Gasteiger partial charge in [0.15, 0.2) is 0 Å². The molecule has 0 spiro atoms. The maximum atomic E-state index is 12.5. The molecule has 2 N–H and O–H groups in total. The molecule has 3 rings (SSSR count). The molecule has 3 fully saturated rings. The summed E-state index contributed by atoms with van der Waals surface area (Å²) in [6, 6.07) is 0.602. The van der Waals surface area contributed by atoms with Crippen molar-refractivity contribution in [2.24, 2.45) is 11.7 Å². The van der Waals surface area contributed by atoms with Crippen LogP contribution < -0.4 is 5.73 Å². The Bertz CT molecular complexity index is 365. The molecule has 0 aromatic heterocycles. The number of carbonyl (C=O) groups is 1. The summed E-state index contributed by atoms with van der Waals surface area (Å²) in [5.41, 5.74) is 6.09. The van der Waals surface area contributed by atoms with Crippen LogP contribution in [0.3, 0.4) is 0 Å². The fraction of sp³-hybridized carbons (Fsp3) is 0.938. The molecule has 2 heterocycles. The number of urea groups is 1. The zero-order valence-electron chi connectivity index (χ0n) is 13.6. The summed E-state index contributed by atoms with van der Waals surface area (Å²) in [5.74, 6) is 0.755.